The fourth-order valence-corrected chi connectivity index (χ4v) is 3.77. The first-order valence-electron chi connectivity index (χ1n) is 8.20. The number of fused-ring (bicyclic) bond motifs is 1. The predicted molar refractivity (Wildman–Crippen MR) is 99.2 cm³/mol. The molecule has 0 fully saturated rings. The van der Waals surface area contributed by atoms with Crippen molar-refractivity contribution in [2.45, 2.75) is 25.8 Å². The molecular weight excluding hydrogens is 304 g/mol. The molecule has 0 radical (unpaired) electrons. The molecule has 3 heteroatoms. The number of hydrogen-bond donors (Lipinski definition) is 1. The second-order valence-corrected chi connectivity index (χ2v) is 6.37. The molecule has 2 unspecified atom stereocenters. The highest BCUT2D eigenvalue weighted by Crippen LogP contribution is 2.43. The predicted octanol–water partition coefficient (Wildman–Crippen LogP) is 5.12. The van der Waals surface area contributed by atoms with E-state index in [0.717, 1.165) is 29.5 Å². The Kier molecular flexibility index (Phi) is 4.74. The molecule has 2 atom stereocenters. The van der Waals surface area contributed by atoms with Gasteiger partial charge in [0.05, 0.1) is 6.04 Å². The number of nitrogens with one attached hydrogen (secondary N) is 1. The Balaban J connectivity index is 2.17. The molecule has 0 spiro atoms. The molecule has 0 aromatic heterocycles. The third kappa shape index (κ3) is 3.01. The molecule has 2 aromatic carbocycles. The zero-order valence-corrected chi connectivity index (χ0v) is 14.5. The van der Waals surface area contributed by atoms with E-state index in [2.05, 4.69) is 73.1 Å². The molecule has 23 heavy (non-hydrogen) atoms. The number of halogens is 1. The topological polar surface area (TPSA) is 15.3 Å². The van der Waals surface area contributed by atoms with Gasteiger partial charge in [-0.2, -0.15) is 0 Å². The SMILES string of the molecule is C=C1Nc2ccc(Cl)cc2C(c2ccccc2)C1N(CC)CC. The number of benzene rings is 2. The first-order chi connectivity index (χ1) is 11.2. The van der Waals surface area contributed by atoms with Crippen molar-refractivity contribution < 1.29 is 0 Å². The number of likely N-dealkylation sites (N-methyl/N-ethyl adjacent to an activating group) is 1. The van der Waals surface area contributed by atoms with Gasteiger partial charge in [0.2, 0.25) is 0 Å². The van der Waals surface area contributed by atoms with Crippen LogP contribution in [-0.2, 0) is 0 Å². The van der Waals surface area contributed by atoms with Crippen LogP contribution in [0.3, 0.4) is 0 Å². The molecule has 0 saturated heterocycles. The van der Waals surface area contributed by atoms with Gasteiger partial charge in [0, 0.05) is 22.3 Å². The van der Waals surface area contributed by atoms with Gasteiger partial charge in [0.15, 0.2) is 0 Å². The van der Waals surface area contributed by atoms with Crippen LogP contribution in [0.25, 0.3) is 0 Å². The van der Waals surface area contributed by atoms with Crippen molar-refractivity contribution in [3.05, 3.63) is 77.0 Å². The summed E-state index contributed by atoms with van der Waals surface area (Å²) in [5.41, 5.74) is 4.71. The van der Waals surface area contributed by atoms with Crippen LogP contribution in [0, 0.1) is 0 Å². The van der Waals surface area contributed by atoms with E-state index >= 15 is 0 Å². The van der Waals surface area contributed by atoms with Crippen molar-refractivity contribution in [2.75, 3.05) is 18.4 Å². The molecular formula is C20H23ClN2. The van der Waals surface area contributed by atoms with Crippen LogP contribution >= 0.6 is 11.6 Å². The number of anilines is 1. The van der Waals surface area contributed by atoms with E-state index in [1.165, 1.54) is 11.1 Å². The van der Waals surface area contributed by atoms with Gasteiger partial charge in [-0.25, -0.2) is 0 Å². The van der Waals surface area contributed by atoms with E-state index in [-0.39, 0.29) is 12.0 Å². The second-order valence-electron chi connectivity index (χ2n) is 5.94. The van der Waals surface area contributed by atoms with E-state index in [1.54, 1.807) is 0 Å². The van der Waals surface area contributed by atoms with Crippen molar-refractivity contribution >= 4 is 17.3 Å². The minimum atomic E-state index is 0.221. The minimum Gasteiger partial charge on any atom is -0.358 e. The van der Waals surface area contributed by atoms with Crippen LogP contribution in [0.5, 0.6) is 0 Å². The van der Waals surface area contributed by atoms with Gasteiger partial charge >= 0.3 is 0 Å². The third-order valence-corrected chi connectivity index (χ3v) is 4.92. The molecule has 1 N–H and O–H groups in total. The summed E-state index contributed by atoms with van der Waals surface area (Å²) in [5, 5.41) is 4.27. The lowest BCUT2D eigenvalue weighted by Gasteiger charge is -2.42. The Bertz CT molecular complexity index is 692. The highest BCUT2D eigenvalue weighted by atomic mass is 35.5. The summed E-state index contributed by atoms with van der Waals surface area (Å²) < 4.78 is 0. The summed E-state index contributed by atoms with van der Waals surface area (Å²) in [6.07, 6.45) is 0. The van der Waals surface area contributed by atoms with Gasteiger partial charge in [-0.1, -0.05) is 62.4 Å². The van der Waals surface area contributed by atoms with Crippen LogP contribution in [0.4, 0.5) is 5.69 Å². The van der Waals surface area contributed by atoms with Gasteiger partial charge in [0.25, 0.3) is 0 Å². The number of rotatable bonds is 4. The lowest BCUT2D eigenvalue weighted by atomic mass is 9.79. The standard InChI is InChI=1S/C20H23ClN2/c1-4-23(5-2)20-14(3)22-18-12-11-16(21)13-17(18)19(20)15-9-7-6-8-10-15/h6-13,19-20,22H,3-5H2,1-2H3. The Labute approximate surface area is 143 Å². The summed E-state index contributed by atoms with van der Waals surface area (Å²) in [7, 11) is 0. The number of nitrogens with zero attached hydrogens (tertiary/aromatic N) is 1. The van der Waals surface area contributed by atoms with Crippen LogP contribution in [0.15, 0.2) is 60.8 Å². The molecule has 1 heterocycles. The van der Waals surface area contributed by atoms with Crippen molar-refractivity contribution in [2.24, 2.45) is 0 Å². The van der Waals surface area contributed by atoms with Gasteiger partial charge in [-0.15, -0.1) is 0 Å². The van der Waals surface area contributed by atoms with Crippen LogP contribution in [0.1, 0.15) is 30.9 Å². The first-order valence-corrected chi connectivity index (χ1v) is 8.57. The monoisotopic (exact) mass is 326 g/mol. The van der Waals surface area contributed by atoms with Gasteiger partial charge in [-0.05, 0) is 42.4 Å². The molecule has 2 nitrogen and oxygen atoms in total. The lowest BCUT2D eigenvalue weighted by Crippen LogP contribution is -2.45. The zero-order chi connectivity index (χ0) is 16.4. The second kappa shape index (κ2) is 6.77. The molecule has 0 bridgehead atoms. The summed E-state index contributed by atoms with van der Waals surface area (Å²) >= 11 is 6.30. The maximum Gasteiger partial charge on any atom is 0.0603 e. The van der Waals surface area contributed by atoms with E-state index in [9.17, 15) is 0 Å². The van der Waals surface area contributed by atoms with Crippen molar-refractivity contribution in [1.29, 1.82) is 0 Å². The lowest BCUT2D eigenvalue weighted by molar-refractivity contribution is 0.226. The third-order valence-electron chi connectivity index (χ3n) is 4.68. The quantitative estimate of drug-likeness (QED) is 0.838. The molecule has 2 aromatic rings. The van der Waals surface area contributed by atoms with E-state index in [4.69, 9.17) is 11.6 Å². The highest BCUT2D eigenvalue weighted by molar-refractivity contribution is 6.30. The first kappa shape index (κ1) is 16.1. The summed E-state index contributed by atoms with van der Waals surface area (Å²) in [6, 6.07) is 17.0. The van der Waals surface area contributed by atoms with E-state index < -0.39 is 0 Å². The summed E-state index contributed by atoms with van der Waals surface area (Å²) in [4.78, 5) is 2.46. The van der Waals surface area contributed by atoms with Crippen molar-refractivity contribution in [1.82, 2.24) is 4.90 Å². The van der Waals surface area contributed by atoms with Crippen LogP contribution < -0.4 is 5.32 Å². The van der Waals surface area contributed by atoms with Gasteiger partial charge in [0.1, 0.15) is 0 Å². The molecule has 1 aliphatic heterocycles. The Morgan fingerprint density at radius 3 is 2.43 bits per heavy atom. The molecule has 0 saturated carbocycles. The largest absolute Gasteiger partial charge is 0.358 e. The zero-order valence-electron chi connectivity index (χ0n) is 13.7. The normalized spacial score (nSPS) is 20.3. The van der Waals surface area contributed by atoms with E-state index in [0.29, 0.717) is 0 Å². The maximum atomic E-state index is 6.30. The van der Waals surface area contributed by atoms with Gasteiger partial charge < -0.3 is 5.32 Å². The average molecular weight is 327 g/mol. The Morgan fingerprint density at radius 1 is 1.09 bits per heavy atom. The fraction of sp³-hybridized carbons (Fsp3) is 0.300. The van der Waals surface area contributed by atoms with Crippen LogP contribution in [0.2, 0.25) is 5.02 Å². The smallest absolute Gasteiger partial charge is 0.0603 e. The minimum absolute atomic E-state index is 0.221. The van der Waals surface area contributed by atoms with E-state index in [1.807, 2.05) is 6.07 Å². The molecule has 1 aliphatic rings. The fourth-order valence-electron chi connectivity index (χ4n) is 3.59. The van der Waals surface area contributed by atoms with Gasteiger partial charge in [-0.3, -0.25) is 4.90 Å². The van der Waals surface area contributed by atoms with Crippen molar-refractivity contribution in [3.63, 3.8) is 0 Å². The Hall–Kier alpha value is -1.77. The molecule has 120 valence electrons. The highest BCUT2D eigenvalue weighted by Gasteiger charge is 2.36. The van der Waals surface area contributed by atoms with Crippen molar-refractivity contribution in [3.8, 4) is 0 Å². The molecule has 0 amide bonds. The molecule has 3 rings (SSSR count). The summed E-state index contributed by atoms with van der Waals surface area (Å²) in [5.74, 6) is 0.235. The number of hydrogen-bond acceptors (Lipinski definition) is 2. The average Bonchev–Trinajstić information content (AvgIpc) is 2.57. The van der Waals surface area contributed by atoms with Crippen LogP contribution in [-0.4, -0.2) is 24.0 Å². The summed E-state index contributed by atoms with van der Waals surface area (Å²) in [6.45, 7) is 10.7. The maximum absolute atomic E-state index is 6.30. The Morgan fingerprint density at radius 2 is 1.78 bits per heavy atom. The molecule has 0 aliphatic carbocycles.